The fourth-order valence-electron chi connectivity index (χ4n) is 6.37. The third-order valence-corrected chi connectivity index (χ3v) is 7.86. The molecular formula is C21H38O. The van der Waals surface area contributed by atoms with Crippen molar-refractivity contribution in [2.75, 3.05) is 7.11 Å². The highest BCUT2D eigenvalue weighted by atomic mass is 16.5. The summed E-state index contributed by atoms with van der Waals surface area (Å²) in [6, 6.07) is 0. The van der Waals surface area contributed by atoms with Crippen LogP contribution in [0.3, 0.4) is 0 Å². The highest BCUT2D eigenvalue weighted by Gasteiger charge is 2.47. The predicted octanol–water partition coefficient (Wildman–Crippen LogP) is 6.36. The molecule has 0 amide bonds. The highest BCUT2D eigenvalue weighted by molar-refractivity contribution is 4.97. The molecule has 3 fully saturated rings. The Morgan fingerprint density at radius 2 is 1.00 bits per heavy atom. The van der Waals surface area contributed by atoms with Crippen molar-refractivity contribution in [2.45, 2.75) is 103 Å². The van der Waals surface area contributed by atoms with Crippen molar-refractivity contribution in [3.05, 3.63) is 0 Å². The molecule has 0 aromatic heterocycles. The third kappa shape index (κ3) is 3.40. The molecule has 128 valence electrons. The molecule has 22 heavy (non-hydrogen) atoms. The summed E-state index contributed by atoms with van der Waals surface area (Å²) in [5.74, 6) is 3.02. The molecule has 3 rings (SSSR count). The summed E-state index contributed by atoms with van der Waals surface area (Å²) in [5.41, 5.74) is 0.638. The van der Waals surface area contributed by atoms with Crippen LogP contribution in [0, 0.1) is 23.2 Å². The topological polar surface area (TPSA) is 9.23 Å². The summed E-state index contributed by atoms with van der Waals surface area (Å²) >= 11 is 0. The second-order valence-corrected chi connectivity index (χ2v) is 8.75. The number of ether oxygens (including phenoxy) is 1. The lowest BCUT2D eigenvalue weighted by Crippen LogP contribution is -2.45. The average Bonchev–Trinajstić information content (AvgIpc) is 2.62. The van der Waals surface area contributed by atoms with Gasteiger partial charge in [0.25, 0.3) is 0 Å². The van der Waals surface area contributed by atoms with Gasteiger partial charge < -0.3 is 4.74 Å². The number of hydrogen-bond donors (Lipinski definition) is 0. The van der Waals surface area contributed by atoms with E-state index in [9.17, 15) is 0 Å². The minimum atomic E-state index is 0.554. The van der Waals surface area contributed by atoms with Crippen molar-refractivity contribution >= 4 is 0 Å². The van der Waals surface area contributed by atoms with E-state index in [1.807, 2.05) is 7.11 Å². The third-order valence-electron chi connectivity index (χ3n) is 7.86. The Balaban J connectivity index is 1.75. The molecule has 3 aliphatic rings. The maximum atomic E-state index is 5.64. The molecule has 3 saturated carbocycles. The summed E-state index contributed by atoms with van der Waals surface area (Å²) in [5, 5.41) is 0. The lowest BCUT2D eigenvalue weighted by atomic mass is 9.52. The van der Waals surface area contributed by atoms with Crippen LogP contribution in [0.4, 0.5) is 0 Å². The molecule has 0 aromatic rings. The fraction of sp³-hybridized carbons (Fsp3) is 1.00. The maximum Gasteiger partial charge on any atom is 0.0571 e. The first-order valence-corrected chi connectivity index (χ1v) is 10.3. The summed E-state index contributed by atoms with van der Waals surface area (Å²) < 4.78 is 5.64. The predicted molar refractivity (Wildman–Crippen MR) is 94.0 cm³/mol. The van der Waals surface area contributed by atoms with Gasteiger partial charge in [-0.3, -0.25) is 0 Å². The van der Waals surface area contributed by atoms with Crippen molar-refractivity contribution < 1.29 is 4.74 Å². The van der Waals surface area contributed by atoms with E-state index < -0.39 is 0 Å². The highest BCUT2D eigenvalue weighted by Crippen LogP contribution is 2.56. The molecule has 3 aliphatic carbocycles. The molecule has 0 spiro atoms. The Morgan fingerprint density at radius 1 is 0.591 bits per heavy atom. The second kappa shape index (κ2) is 7.69. The van der Waals surface area contributed by atoms with Crippen molar-refractivity contribution in [2.24, 2.45) is 23.2 Å². The molecule has 0 saturated heterocycles. The van der Waals surface area contributed by atoms with Crippen molar-refractivity contribution in [1.82, 2.24) is 0 Å². The molecule has 0 aromatic carbocycles. The van der Waals surface area contributed by atoms with Crippen LogP contribution in [0.15, 0.2) is 0 Å². The molecule has 0 aliphatic heterocycles. The molecule has 0 atom stereocenters. The van der Waals surface area contributed by atoms with Crippen LogP contribution in [0.25, 0.3) is 0 Å². The number of rotatable bonds is 4. The van der Waals surface area contributed by atoms with Crippen LogP contribution in [0.2, 0.25) is 0 Å². The van der Waals surface area contributed by atoms with Crippen molar-refractivity contribution in [1.29, 1.82) is 0 Å². The van der Waals surface area contributed by atoms with Gasteiger partial charge in [0, 0.05) is 7.11 Å². The Bertz CT molecular complexity index is 299. The van der Waals surface area contributed by atoms with E-state index in [-0.39, 0.29) is 0 Å². The quantitative estimate of drug-likeness (QED) is 0.587. The zero-order valence-corrected chi connectivity index (χ0v) is 15.1. The van der Waals surface area contributed by atoms with Gasteiger partial charge in [-0.2, -0.15) is 0 Å². The van der Waals surface area contributed by atoms with Crippen LogP contribution in [-0.4, -0.2) is 13.2 Å². The molecule has 0 bridgehead atoms. The van der Waals surface area contributed by atoms with Crippen molar-refractivity contribution in [3.8, 4) is 0 Å². The van der Waals surface area contributed by atoms with E-state index in [2.05, 4.69) is 6.92 Å². The van der Waals surface area contributed by atoms with Gasteiger partial charge in [0.15, 0.2) is 0 Å². The van der Waals surface area contributed by atoms with E-state index in [1.54, 1.807) is 0 Å². The van der Waals surface area contributed by atoms with E-state index in [4.69, 9.17) is 4.74 Å². The Kier molecular flexibility index (Phi) is 5.87. The van der Waals surface area contributed by atoms with Gasteiger partial charge >= 0.3 is 0 Å². The van der Waals surface area contributed by atoms with Gasteiger partial charge in [-0.25, -0.2) is 0 Å². The molecule has 0 radical (unpaired) electrons. The fourth-order valence-corrected chi connectivity index (χ4v) is 6.37. The largest absolute Gasteiger partial charge is 0.381 e. The minimum absolute atomic E-state index is 0.554. The molecule has 1 heteroatoms. The molecule has 0 unspecified atom stereocenters. The van der Waals surface area contributed by atoms with Crippen LogP contribution in [0.1, 0.15) is 96.8 Å². The summed E-state index contributed by atoms with van der Waals surface area (Å²) in [4.78, 5) is 0. The van der Waals surface area contributed by atoms with Gasteiger partial charge in [0.2, 0.25) is 0 Å². The van der Waals surface area contributed by atoms with Gasteiger partial charge in [0.05, 0.1) is 6.10 Å². The molecule has 0 heterocycles. The number of hydrogen-bond acceptors (Lipinski definition) is 1. The minimum Gasteiger partial charge on any atom is -0.381 e. The van der Waals surface area contributed by atoms with E-state index in [1.165, 1.54) is 89.9 Å². The first-order valence-electron chi connectivity index (χ1n) is 10.3. The Morgan fingerprint density at radius 3 is 1.41 bits per heavy atom. The van der Waals surface area contributed by atoms with Crippen molar-refractivity contribution in [3.63, 3.8) is 0 Å². The summed E-state index contributed by atoms with van der Waals surface area (Å²) in [7, 11) is 1.91. The number of methoxy groups -OCH3 is 1. The summed E-state index contributed by atoms with van der Waals surface area (Å²) in [6.07, 6.45) is 21.1. The van der Waals surface area contributed by atoms with Crippen LogP contribution < -0.4 is 0 Å². The SMILES string of the molecule is COC1CCC(C(C)(C2CCCCC2)C2CCCCC2)CC1. The molecule has 0 N–H and O–H groups in total. The van der Waals surface area contributed by atoms with Gasteiger partial charge in [-0.15, -0.1) is 0 Å². The van der Waals surface area contributed by atoms with Gasteiger partial charge in [0.1, 0.15) is 0 Å². The lowest BCUT2D eigenvalue weighted by molar-refractivity contribution is -0.0521. The van der Waals surface area contributed by atoms with Crippen LogP contribution in [-0.2, 0) is 4.74 Å². The van der Waals surface area contributed by atoms with E-state index in [0.717, 1.165) is 17.8 Å². The molecular weight excluding hydrogens is 268 g/mol. The lowest BCUT2D eigenvalue weighted by Gasteiger charge is -2.53. The first kappa shape index (κ1) is 16.8. The zero-order valence-electron chi connectivity index (χ0n) is 15.1. The van der Waals surface area contributed by atoms with Crippen LogP contribution >= 0.6 is 0 Å². The Hall–Kier alpha value is -0.0400. The normalized spacial score (nSPS) is 33.0. The van der Waals surface area contributed by atoms with Gasteiger partial charge in [-0.1, -0.05) is 45.4 Å². The zero-order chi connectivity index (χ0) is 15.4. The second-order valence-electron chi connectivity index (χ2n) is 8.75. The van der Waals surface area contributed by atoms with Gasteiger partial charge in [-0.05, 0) is 74.5 Å². The molecule has 1 nitrogen and oxygen atoms in total. The first-order chi connectivity index (χ1) is 10.7. The Labute approximate surface area is 138 Å². The van der Waals surface area contributed by atoms with E-state index in [0.29, 0.717) is 11.5 Å². The standard InChI is InChI=1S/C21H38O/c1-21(17-9-5-3-6-10-17,18-11-7-4-8-12-18)19-13-15-20(22-2)16-14-19/h17-20H,3-16H2,1-2H3. The van der Waals surface area contributed by atoms with E-state index >= 15 is 0 Å². The average molecular weight is 307 g/mol. The van der Waals surface area contributed by atoms with Crippen LogP contribution in [0.5, 0.6) is 0 Å². The smallest absolute Gasteiger partial charge is 0.0571 e. The monoisotopic (exact) mass is 306 g/mol. The summed E-state index contributed by atoms with van der Waals surface area (Å²) in [6.45, 7) is 2.73. The maximum absolute atomic E-state index is 5.64.